The Morgan fingerprint density at radius 3 is 2.45 bits per heavy atom. The molecule has 2 aromatic rings. The summed E-state index contributed by atoms with van der Waals surface area (Å²) in [5.74, 6) is -2.83. The van der Waals surface area contributed by atoms with Crippen LogP contribution in [0.15, 0.2) is 18.6 Å². The van der Waals surface area contributed by atoms with Gasteiger partial charge in [-0.15, -0.1) is 0 Å². The molecule has 0 unspecified atom stereocenters. The Balaban J connectivity index is 0.000000370. The molecule has 0 fully saturated rings. The summed E-state index contributed by atoms with van der Waals surface area (Å²) in [6.07, 6.45) is 0.374. The average molecular weight is 414 g/mol. The lowest BCUT2D eigenvalue weighted by atomic mass is 10.0. The van der Waals surface area contributed by atoms with Crippen molar-refractivity contribution >= 4 is 11.9 Å². The highest BCUT2D eigenvalue weighted by Gasteiger charge is 2.38. The number of fused-ring (bicyclic) bond motifs is 1. The molecule has 29 heavy (non-hydrogen) atoms. The zero-order valence-electron chi connectivity index (χ0n) is 16.1. The van der Waals surface area contributed by atoms with Crippen molar-refractivity contribution in [1.82, 2.24) is 29.5 Å². The van der Waals surface area contributed by atoms with E-state index in [1.165, 1.54) is 11.8 Å². The molecule has 0 saturated carbocycles. The molecule has 1 amide bonds. The van der Waals surface area contributed by atoms with E-state index in [0.29, 0.717) is 18.8 Å². The molecule has 12 heteroatoms. The Labute approximate surface area is 164 Å². The van der Waals surface area contributed by atoms with Crippen LogP contribution in [0.5, 0.6) is 0 Å². The molecule has 1 aliphatic heterocycles. The van der Waals surface area contributed by atoms with E-state index < -0.39 is 12.1 Å². The molecular weight excluding hydrogens is 393 g/mol. The largest absolute Gasteiger partial charge is 0.490 e. The first kappa shape index (κ1) is 22.3. The number of carbonyl (C=O) groups is 2. The molecule has 3 rings (SSSR count). The minimum Gasteiger partial charge on any atom is -0.475 e. The first-order valence-corrected chi connectivity index (χ1v) is 8.54. The summed E-state index contributed by atoms with van der Waals surface area (Å²) in [6, 6.07) is 0. The van der Waals surface area contributed by atoms with Gasteiger partial charge in [-0.05, 0) is 20.5 Å². The molecule has 0 radical (unpaired) electrons. The van der Waals surface area contributed by atoms with Crippen molar-refractivity contribution < 1.29 is 27.9 Å². The number of hydrogen-bond donors (Lipinski definition) is 1. The lowest BCUT2D eigenvalue weighted by Gasteiger charge is -2.27. The van der Waals surface area contributed by atoms with E-state index >= 15 is 0 Å². The Morgan fingerprint density at radius 2 is 1.93 bits per heavy atom. The van der Waals surface area contributed by atoms with Crippen molar-refractivity contribution in [2.45, 2.75) is 25.7 Å². The Bertz CT molecular complexity index is 867. The van der Waals surface area contributed by atoms with Crippen molar-refractivity contribution in [3.63, 3.8) is 0 Å². The van der Waals surface area contributed by atoms with Crippen molar-refractivity contribution in [2.24, 2.45) is 7.05 Å². The molecule has 0 bridgehead atoms. The topological polar surface area (TPSA) is 104 Å². The van der Waals surface area contributed by atoms with Crippen molar-refractivity contribution in [3.05, 3.63) is 41.2 Å². The SMILES string of the molecule is CN(C)Cc1nn(C)c2c1CCN(C(=O)c1cnccn1)C2.O=C(O)C(F)(F)F. The molecule has 0 aromatic carbocycles. The van der Waals surface area contributed by atoms with Crippen LogP contribution in [-0.4, -0.2) is 73.3 Å². The van der Waals surface area contributed by atoms with E-state index in [9.17, 15) is 18.0 Å². The van der Waals surface area contributed by atoms with Crippen LogP contribution in [0.2, 0.25) is 0 Å². The normalized spacial score (nSPS) is 13.6. The highest BCUT2D eigenvalue weighted by Crippen LogP contribution is 2.23. The van der Waals surface area contributed by atoms with Gasteiger partial charge in [-0.25, -0.2) is 9.78 Å². The van der Waals surface area contributed by atoms with Gasteiger partial charge in [-0.3, -0.25) is 14.5 Å². The lowest BCUT2D eigenvalue weighted by molar-refractivity contribution is -0.192. The van der Waals surface area contributed by atoms with Gasteiger partial charge in [0, 0.05) is 38.1 Å². The molecule has 0 saturated heterocycles. The van der Waals surface area contributed by atoms with Gasteiger partial charge in [0.1, 0.15) is 5.69 Å². The first-order chi connectivity index (χ1) is 13.5. The van der Waals surface area contributed by atoms with Gasteiger partial charge in [-0.2, -0.15) is 18.3 Å². The Kier molecular flexibility index (Phi) is 6.90. The average Bonchev–Trinajstić information content (AvgIpc) is 2.96. The molecule has 0 atom stereocenters. The number of carboxylic acids is 1. The monoisotopic (exact) mass is 414 g/mol. The first-order valence-electron chi connectivity index (χ1n) is 8.54. The number of nitrogens with zero attached hydrogens (tertiary/aromatic N) is 6. The van der Waals surface area contributed by atoms with Crippen LogP contribution in [0.3, 0.4) is 0 Å². The van der Waals surface area contributed by atoms with E-state index in [2.05, 4.69) is 20.0 Å². The fourth-order valence-electron chi connectivity index (χ4n) is 2.83. The van der Waals surface area contributed by atoms with Crippen molar-refractivity contribution in [2.75, 3.05) is 20.6 Å². The number of hydrogen-bond acceptors (Lipinski definition) is 6. The van der Waals surface area contributed by atoms with Crippen LogP contribution in [0, 0.1) is 0 Å². The highest BCUT2D eigenvalue weighted by molar-refractivity contribution is 5.92. The fraction of sp³-hybridized carbons (Fsp3) is 0.471. The number of aromatic nitrogens is 4. The summed E-state index contributed by atoms with van der Waals surface area (Å²) in [5, 5.41) is 11.7. The number of aliphatic carboxylic acids is 1. The predicted octanol–water partition coefficient (Wildman–Crippen LogP) is 1.10. The number of carboxylic acid groups (broad SMARTS) is 1. The molecular formula is C17H21F3N6O3. The second-order valence-corrected chi connectivity index (χ2v) is 6.60. The van der Waals surface area contributed by atoms with E-state index in [-0.39, 0.29) is 5.91 Å². The molecule has 2 aromatic heterocycles. The zero-order chi connectivity index (χ0) is 21.8. The number of aryl methyl sites for hydroxylation is 1. The number of carbonyl (C=O) groups excluding carboxylic acids is 1. The lowest BCUT2D eigenvalue weighted by Crippen LogP contribution is -2.37. The molecule has 0 aliphatic carbocycles. The van der Waals surface area contributed by atoms with Crippen LogP contribution in [0.1, 0.15) is 27.4 Å². The number of rotatable bonds is 3. The summed E-state index contributed by atoms with van der Waals surface area (Å²) in [5.41, 5.74) is 3.88. The Morgan fingerprint density at radius 1 is 1.28 bits per heavy atom. The number of halogens is 3. The number of alkyl halides is 3. The maximum atomic E-state index is 12.5. The maximum Gasteiger partial charge on any atom is 0.490 e. The quantitative estimate of drug-likeness (QED) is 0.802. The van der Waals surface area contributed by atoms with Gasteiger partial charge in [0.05, 0.1) is 24.1 Å². The van der Waals surface area contributed by atoms with Crippen molar-refractivity contribution in [3.8, 4) is 0 Å². The summed E-state index contributed by atoms with van der Waals surface area (Å²) >= 11 is 0. The summed E-state index contributed by atoms with van der Waals surface area (Å²) in [7, 11) is 6.01. The smallest absolute Gasteiger partial charge is 0.475 e. The third-order valence-corrected chi connectivity index (χ3v) is 4.11. The van der Waals surface area contributed by atoms with Crippen LogP contribution in [0.4, 0.5) is 13.2 Å². The second-order valence-electron chi connectivity index (χ2n) is 6.60. The van der Waals surface area contributed by atoms with E-state index in [1.807, 2.05) is 30.7 Å². The number of amides is 1. The summed E-state index contributed by atoms with van der Waals surface area (Å²) in [6.45, 7) is 2.08. The molecule has 158 valence electrons. The van der Waals surface area contributed by atoms with Gasteiger partial charge in [-0.1, -0.05) is 0 Å². The third kappa shape index (κ3) is 5.73. The zero-order valence-corrected chi connectivity index (χ0v) is 16.1. The minimum atomic E-state index is -5.08. The van der Waals surface area contributed by atoms with Crippen molar-refractivity contribution in [1.29, 1.82) is 0 Å². The van der Waals surface area contributed by atoms with E-state index in [0.717, 1.165) is 24.4 Å². The van der Waals surface area contributed by atoms with E-state index in [4.69, 9.17) is 9.90 Å². The minimum absolute atomic E-state index is 0.0749. The third-order valence-electron chi connectivity index (χ3n) is 4.11. The molecule has 3 heterocycles. The summed E-state index contributed by atoms with van der Waals surface area (Å²) < 4.78 is 33.6. The molecule has 0 spiro atoms. The van der Waals surface area contributed by atoms with Gasteiger partial charge < -0.3 is 14.9 Å². The van der Waals surface area contributed by atoms with Gasteiger partial charge >= 0.3 is 12.1 Å². The van der Waals surface area contributed by atoms with Crippen LogP contribution >= 0.6 is 0 Å². The standard InChI is InChI=1S/C15H20N6O.C2HF3O2/c1-19(2)9-13-11-4-7-21(10-14(11)20(3)18-13)15(22)12-8-16-5-6-17-12;3-2(4,5)1(6)7/h5-6,8H,4,7,9-10H2,1-3H3;(H,6,7). The Hall–Kier alpha value is -3.02. The van der Waals surface area contributed by atoms with E-state index in [1.54, 1.807) is 12.4 Å². The highest BCUT2D eigenvalue weighted by atomic mass is 19.4. The van der Waals surface area contributed by atoms with Gasteiger partial charge in [0.2, 0.25) is 0 Å². The molecule has 1 N–H and O–H groups in total. The fourth-order valence-corrected chi connectivity index (χ4v) is 2.83. The van der Waals surface area contributed by atoms with Crippen LogP contribution in [-0.2, 0) is 31.4 Å². The van der Waals surface area contributed by atoms with Gasteiger partial charge in [0.15, 0.2) is 0 Å². The maximum absolute atomic E-state index is 12.5. The van der Waals surface area contributed by atoms with Crippen LogP contribution in [0.25, 0.3) is 0 Å². The van der Waals surface area contributed by atoms with Gasteiger partial charge in [0.25, 0.3) is 5.91 Å². The summed E-state index contributed by atoms with van der Waals surface area (Å²) in [4.78, 5) is 33.4. The predicted molar refractivity (Wildman–Crippen MR) is 94.8 cm³/mol. The van der Waals surface area contributed by atoms with Crippen LogP contribution < -0.4 is 0 Å². The second kappa shape index (κ2) is 8.99. The molecule has 1 aliphatic rings. The molecule has 9 nitrogen and oxygen atoms in total.